The summed E-state index contributed by atoms with van der Waals surface area (Å²) in [4.78, 5) is 31.6. The van der Waals surface area contributed by atoms with Crippen LogP contribution in [0.3, 0.4) is 0 Å². The molecule has 0 bridgehead atoms. The third-order valence-corrected chi connectivity index (χ3v) is 11.0. The fraction of sp³-hybridized carbons (Fsp3) is 0.818. The molecule has 302 valence electrons. The lowest BCUT2D eigenvalue weighted by Gasteiger charge is -2.54. The highest BCUT2D eigenvalue weighted by Gasteiger charge is 2.59. The third-order valence-electron chi connectivity index (χ3n) is 11.0. The van der Waals surface area contributed by atoms with E-state index in [1.165, 1.54) is 0 Å². The van der Waals surface area contributed by atoms with E-state index in [4.69, 9.17) is 33.3 Å². The topological polar surface area (TPSA) is 306 Å². The molecular weight excluding hydrogens is 714 g/mol. The van der Waals surface area contributed by atoms with Gasteiger partial charge in [0.1, 0.15) is 67.3 Å². The molecule has 16 unspecified atom stereocenters. The molecule has 0 amide bonds. The van der Waals surface area contributed by atoms with Crippen molar-refractivity contribution in [3.63, 3.8) is 0 Å². The van der Waals surface area contributed by atoms with Crippen LogP contribution in [0.15, 0.2) is 12.1 Å². The first-order valence-electron chi connectivity index (χ1n) is 17.4. The van der Waals surface area contributed by atoms with Crippen LogP contribution in [-0.2, 0) is 38.0 Å². The Bertz CT molecular complexity index is 1390. The molecule has 0 radical (unpaired) electrons. The fourth-order valence-corrected chi connectivity index (χ4v) is 8.04. The molecule has 17 atom stereocenters. The van der Waals surface area contributed by atoms with Crippen molar-refractivity contribution >= 4 is 12.3 Å². The molecule has 1 aromatic heterocycles. The number of aliphatic hydroxyl groups is 8. The molecule has 20 nitrogen and oxygen atoms in total. The van der Waals surface area contributed by atoms with Crippen LogP contribution < -0.4 is 4.84 Å². The van der Waals surface area contributed by atoms with E-state index >= 15 is 0 Å². The Balaban J connectivity index is 1.57. The summed E-state index contributed by atoms with van der Waals surface area (Å²) in [5.41, 5.74) is -1.50. The zero-order valence-corrected chi connectivity index (χ0v) is 29.6. The van der Waals surface area contributed by atoms with Crippen LogP contribution in [0, 0.1) is 16.7 Å². The average Bonchev–Trinajstić information content (AvgIpc) is 3.43. The minimum Gasteiger partial charge on any atom is -0.492 e. The largest absolute Gasteiger partial charge is 0.492 e. The van der Waals surface area contributed by atoms with Crippen molar-refractivity contribution in [2.75, 3.05) is 13.2 Å². The monoisotopic (exact) mass is 765 g/mol. The number of ether oxygens (including phenoxy) is 6. The predicted octanol–water partition coefficient (Wildman–Crippen LogP) is -3.61. The van der Waals surface area contributed by atoms with E-state index in [1.807, 2.05) is 20.8 Å². The van der Waals surface area contributed by atoms with Gasteiger partial charge in [-0.2, -0.15) is 0 Å². The average molecular weight is 766 g/mol. The molecule has 53 heavy (non-hydrogen) atoms. The summed E-state index contributed by atoms with van der Waals surface area (Å²) in [6, 6.07) is 2.00. The van der Waals surface area contributed by atoms with Gasteiger partial charge in [0.2, 0.25) is 11.8 Å². The van der Waals surface area contributed by atoms with Crippen LogP contribution in [0.25, 0.3) is 0 Å². The summed E-state index contributed by atoms with van der Waals surface area (Å²) in [6.45, 7) is 6.25. The van der Waals surface area contributed by atoms with E-state index in [2.05, 4.69) is 0 Å². The van der Waals surface area contributed by atoms with E-state index in [9.17, 15) is 60.7 Å². The molecule has 5 rings (SSSR count). The molecule has 1 aromatic rings. The van der Waals surface area contributed by atoms with Crippen LogP contribution in [-0.4, -0.2) is 173 Å². The second-order valence-electron chi connectivity index (χ2n) is 14.9. The number of aliphatic hydroxyl groups excluding tert-OH is 8. The van der Waals surface area contributed by atoms with E-state index in [-0.39, 0.29) is 17.8 Å². The number of rotatable bonds is 11. The van der Waals surface area contributed by atoms with E-state index < -0.39 is 128 Å². The van der Waals surface area contributed by atoms with E-state index in [0.717, 1.165) is 18.4 Å². The van der Waals surface area contributed by atoms with Gasteiger partial charge in [-0.1, -0.05) is 34.1 Å². The van der Waals surface area contributed by atoms with Crippen LogP contribution in [0.4, 0.5) is 0 Å². The zero-order chi connectivity index (χ0) is 39.2. The lowest BCUT2D eigenvalue weighted by molar-refractivity contribution is -0.391. The molecule has 0 aromatic carbocycles. The first kappa shape index (κ1) is 41.6. The van der Waals surface area contributed by atoms with Crippen molar-refractivity contribution in [1.82, 2.24) is 4.73 Å². The Labute approximate surface area is 303 Å². The van der Waals surface area contributed by atoms with Crippen molar-refractivity contribution in [3.05, 3.63) is 12.1 Å². The van der Waals surface area contributed by atoms with Crippen molar-refractivity contribution in [3.8, 4) is 11.8 Å². The maximum atomic E-state index is 13.6. The van der Waals surface area contributed by atoms with Crippen LogP contribution in [0.2, 0.25) is 0 Å². The smallest absolute Gasteiger partial charge is 0.364 e. The van der Waals surface area contributed by atoms with Crippen LogP contribution >= 0.6 is 0 Å². The van der Waals surface area contributed by atoms with E-state index in [1.54, 1.807) is 6.92 Å². The molecule has 4 fully saturated rings. The number of nitrogens with zero attached hydrogens (tertiary/aromatic N) is 1. The highest BCUT2D eigenvalue weighted by molar-refractivity contribution is 5.76. The van der Waals surface area contributed by atoms with Gasteiger partial charge < -0.3 is 89.1 Å². The summed E-state index contributed by atoms with van der Waals surface area (Å²) in [5, 5.41) is 105. The molecular formula is C33H51NO19. The molecule has 4 aliphatic rings. The first-order valence-corrected chi connectivity index (χ1v) is 17.4. The summed E-state index contributed by atoms with van der Waals surface area (Å²) >= 11 is 0. The van der Waals surface area contributed by atoms with Gasteiger partial charge in [0.25, 0.3) is 0 Å². The van der Waals surface area contributed by atoms with Crippen LogP contribution in [0.1, 0.15) is 47.0 Å². The minimum atomic E-state index is -2.18. The number of aromatic hydroxyl groups is 2. The number of aldehydes is 1. The summed E-state index contributed by atoms with van der Waals surface area (Å²) in [7, 11) is 0. The van der Waals surface area contributed by atoms with Crippen molar-refractivity contribution in [1.29, 1.82) is 0 Å². The predicted molar refractivity (Wildman–Crippen MR) is 171 cm³/mol. The summed E-state index contributed by atoms with van der Waals surface area (Å²) in [5.74, 6) is -3.10. The number of hydrogen-bond acceptors (Lipinski definition) is 19. The van der Waals surface area contributed by atoms with E-state index in [0.29, 0.717) is 17.6 Å². The Morgan fingerprint density at radius 3 is 2.08 bits per heavy atom. The zero-order valence-electron chi connectivity index (χ0n) is 29.6. The second kappa shape index (κ2) is 16.3. The molecule has 0 spiro atoms. The fourth-order valence-electron chi connectivity index (χ4n) is 8.04. The van der Waals surface area contributed by atoms with Gasteiger partial charge in [-0.05, 0) is 24.2 Å². The maximum absolute atomic E-state index is 13.6. The highest BCUT2D eigenvalue weighted by atomic mass is 16.8. The van der Waals surface area contributed by atoms with Crippen molar-refractivity contribution < 1.29 is 93.9 Å². The lowest BCUT2D eigenvalue weighted by atomic mass is 9.55. The number of carbonyl (C=O) groups is 2. The van der Waals surface area contributed by atoms with Gasteiger partial charge in [0.05, 0.1) is 24.7 Å². The number of carbonyl (C=O) groups excluding carboxylic acids is 2. The first-order chi connectivity index (χ1) is 24.9. The maximum Gasteiger partial charge on any atom is 0.364 e. The van der Waals surface area contributed by atoms with Gasteiger partial charge in [-0.25, -0.2) is 4.79 Å². The molecule has 3 aliphatic heterocycles. The Morgan fingerprint density at radius 1 is 0.849 bits per heavy atom. The SMILES string of the molecule is CCC1C(C)(C)CCC(OC2OC(C(=O)On3c(O)ccc3O)C(O)C(OC3OCC(O)C(O)C3O)C2OC2OC(CO)C(O)C(O)C2O)[C@@]1(C)C=O. The molecule has 1 aliphatic carbocycles. The van der Waals surface area contributed by atoms with Gasteiger partial charge in [0, 0.05) is 12.1 Å². The van der Waals surface area contributed by atoms with Crippen LogP contribution in [0.5, 0.6) is 11.8 Å². The molecule has 3 saturated heterocycles. The molecule has 1 saturated carbocycles. The quantitative estimate of drug-likeness (QED) is 0.0973. The molecule has 10 N–H and O–H groups in total. The van der Waals surface area contributed by atoms with Crippen molar-refractivity contribution in [2.24, 2.45) is 16.7 Å². The van der Waals surface area contributed by atoms with Crippen molar-refractivity contribution in [2.45, 2.75) is 139 Å². The lowest BCUT2D eigenvalue weighted by Crippen LogP contribution is -2.68. The Morgan fingerprint density at radius 2 is 1.47 bits per heavy atom. The Hall–Kier alpha value is -2.54. The van der Waals surface area contributed by atoms with Gasteiger partial charge >= 0.3 is 5.97 Å². The minimum absolute atomic E-state index is 0.239. The van der Waals surface area contributed by atoms with Gasteiger partial charge in [-0.3, -0.25) is 0 Å². The van der Waals surface area contributed by atoms with Gasteiger partial charge in [0.15, 0.2) is 25.0 Å². The molecule has 4 heterocycles. The van der Waals surface area contributed by atoms with Gasteiger partial charge in [-0.15, -0.1) is 4.73 Å². The molecule has 20 heteroatoms. The number of hydrogen-bond donors (Lipinski definition) is 10. The third kappa shape index (κ3) is 7.94. The number of aromatic nitrogens is 1. The second-order valence-corrected chi connectivity index (χ2v) is 14.9. The highest BCUT2D eigenvalue weighted by Crippen LogP contribution is 2.53. The standard InChI is InChI=1S/C33H51NO19/c1-5-15-32(2,3)9-8-16(33(15,4)12-36)49-31-27(52-30-23(44)21(42)20(41)14(10-35)48-30)25(50-29-22(43)19(40)13(37)11-47-29)24(45)26(51-31)28(46)53-34-17(38)6-7-18(34)39/h6-7,12-16,19-27,29-31,35,37-45H,5,8-11H2,1-4H3/t13?,14?,15?,16?,19?,20?,21?,22?,23?,24?,25?,26?,27?,29?,30?,31?,33-/m0/s1. The normalized spacial score (nSPS) is 44.7. The summed E-state index contributed by atoms with van der Waals surface area (Å²) in [6.07, 6.45) is -24.9. The Kier molecular flexibility index (Phi) is 12.8. The summed E-state index contributed by atoms with van der Waals surface area (Å²) < 4.78 is 35.7.